The van der Waals surface area contributed by atoms with Gasteiger partial charge in [-0.1, -0.05) is 12.1 Å². The molecule has 3 rings (SSSR count). The SMILES string of the molecule is COCCNC(=O)C(=O)NCC(c1ccc2c(c1)CCN2C)N1CCCC1. The van der Waals surface area contributed by atoms with E-state index in [1.165, 1.54) is 29.7 Å². The van der Waals surface area contributed by atoms with Gasteiger partial charge in [0.15, 0.2) is 0 Å². The molecule has 2 aliphatic heterocycles. The van der Waals surface area contributed by atoms with E-state index in [-0.39, 0.29) is 6.04 Å². The Morgan fingerprint density at radius 3 is 2.63 bits per heavy atom. The Morgan fingerprint density at radius 2 is 1.89 bits per heavy atom. The van der Waals surface area contributed by atoms with Crippen molar-refractivity contribution in [2.75, 3.05) is 58.4 Å². The number of amides is 2. The number of rotatable bonds is 7. The zero-order valence-electron chi connectivity index (χ0n) is 16.3. The largest absolute Gasteiger partial charge is 0.383 e. The molecule has 0 aromatic heterocycles. The van der Waals surface area contributed by atoms with Crippen molar-refractivity contribution < 1.29 is 14.3 Å². The molecule has 148 valence electrons. The van der Waals surface area contributed by atoms with Crippen LogP contribution in [0.5, 0.6) is 0 Å². The van der Waals surface area contributed by atoms with Crippen molar-refractivity contribution in [2.45, 2.75) is 25.3 Å². The third-order valence-electron chi connectivity index (χ3n) is 5.45. The number of hydrogen-bond acceptors (Lipinski definition) is 5. The maximum absolute atomic E-state index is 12.1. The van der Waals surface area contributed by atoms with Crippen LogP contribution in [0.25, 0.3) is 0 Å². The monoisotopic (exact) mass is 374 g/mol. The molecular weight excluding hydrogens is 344 g/mol. The number of carbonyl (C=O) groups excluding carboxylic acids is 2. The van der Waals surface area contributed by atoms with Gasteiger partial charge < -0.3 is 20.3 Å². The van der Waals surface area contributed by atoms with E-state index >= 15 is 0 Å². The van der Waals surface area contributed by atoms with Crippen LogP contribution in [0.4, 0.5) is 5.69 Å². The fraction of sp³-hybridized carbons (Fsp3) is 0.600. The molecule has 0 aliphatic carbocycles. The van der Waals surface area contributed by atoms with Crippen molar-refractivity contribution in [3.05, 3.63) is 29.3 Å². The van der Waals surface area contributed by atoms with E-state index in [1.54, 1.807) is 7.11 Å². The molecule has 1 fully saturated rings. The molecule has 2 amide bonds. The molecule has 27 heavy (non-hydrogen) atoms. The number of hydrogen-bond donors (Lipinski definition) is 2. The first-order valence-electron chi connectivity index (χ1n) is 9.73. The lowest BCUT2D eigenvalue weighted by Crippen LogP contribution is -2.44. The maximum Gasteiger partial charge on any atom is 0.309 e. The molecule has 1 aromatic rings. The van der Waals surface area contributed by atoms with Gasteiger partial charge in [-0.25, -0.2) is 0 Å². The van der Waals surface area contributed by atoms with E-state index in [2.05, 4.69) is 45.7 Å². The van der Waals surface area contributed by atoms with Crippen molar-refractivity contribution in [2.24, 2.45) is 0 Å². The summed E-state index contributed by atoms with van der Waals surface area (Å²) in [6.45, 7) is 4.25. The zero-order valence-corrected chi connectivity index (χ0v) is 16.3. The summed E-state index contributed by atoms with van der Waals surface area (Å²) in [5, 5.41) is 5.38. The van der Waals surface area contributed by atoms with Gasteiger partial charge in [0.1, 0.15) is 0 Å². The van der Waals surface area contributed by atoms with Crippen molar-refractivity contribution in [3.8, 4) is 0 Å². The predicted molar refractivity (Wildman–Crippen MR) is 105 cm³/mol. The second-order valence-electron chi connectivity index (χ2n) is 7.28. The molecule has 0 saturated carbocycles. The number of ether oxygens (including phenoxy) is 1. The van der Waals surface area contributed by atoms with E-state index in [9.17, 15) is 9.59 Å². The maximum atomic E-state index is 12.1. The van der Waals surface area contributed by atoms with Crippen LogP contribution >= 0.6 is 0 Å². The van der Waals surface area contributed by atoms with Crippen LogP contribution in [0.3, 0.4) is 0 Å². The fourth-order valence-corrected chi connectivity index (χ4v) is 3.92. The Kier molecular flexibility index (Phi) is 6.68. The van der Waals surface area contributed by atoms with E-state index in [0.29, 0.717) is 19.7 Å². The highest BCUT2D eigenvalue weighted by Crippen LogP contribution is 2.32. The van der Waals surface area contributed by atoms with Crippen LogP contribution in [0.1, 0.15) is 30.0 Å². The van der Waals surface area contributed by atoms with Gasteiger partial charge in [0.2, 0.25) is 0 Å². The smallest absolute Gasteiger partial charge is 0.309 e. The Labute approximate surface area is 161 Å². The summed E-state index contributed by atoms with van der Waals surface area (Å²) < 4.78 is 4.88. The first kappa shape index (κ1) is 19.6. The molecule has 1 unspecified atom stereocenters. The minimum absolute atomic E-state index is 0.0967. The number of carbonyl (C=O) groups is 2. The van der Waals surface area contributed by atoms with E-state index in [4.69, 9.17) is 4.74 Å². The van der Waals surface area contributed by atoms with Gasteiger partial charge in [0, 0.05) is 39.5 Å². The Bertz CT molecular complexity index is 673. The van der Waals surface area contributed by atoms with Crippen LogP contribution in [0.15, 0.2) is 18.2 Å². The zero-order chi connectivity index (χ0) is 19.2. The second kappa shape index (κ2) is 9.19. The molecule has 1 atom stereocenters. The summed E-state index contributed by atoms with van der Waals surface area (Å²) in [5.41, 5.74) is 3.87. The topological polar surface area (TPSA) is 73.9 Å². The van der Waals surface area contributed by atoms with Gasteiger partial charge in [-0.2, -0.15) is 0 Å². The molecule has 2 aliphatic rings. The predicted octanol–water partition coefficient (Wildman–Crippen LogP) is 0.695. The average Bonchev–Trinajstić information content (AvgIpc) is 3.32. The van der Waals surface area contributed by atoms with Gasteiger partial charge in [-0.3, -0.25) is 14.5 Å². The molecule has 2 heterocycles. The summed E-state index contributed by atoms with van der Waals surface area (Å²) in [5.74, 6) is -1.20. The van der Waals surface area contributed by atoms with Gasteiger partial charge in [0.25, 0.3) is 0 Å². The minimum Gasteiger partial charge on any atom is -0.383 e. The lowest BCUT2D eigenvalue weighted by Gasteiger charge is -2.28. The number of anilines is 1. The van der Waals surface area contributed by atoms with Crippen LogP contribution in [0.2, 0.25) is 0 Å². The molecule has 0 bridgehead atoms. The molecule has 1 saturated heterocycles. The first-order valence-corrected chi connectivity index (χ1v) is 9.73. The Morgan fingerprint density at radius 1 is 1.15 bits per heavy atom. The highest BCUT2D eigenvalue weighted by atomic mass is 16.5. The Hall–Kier alpha value is -2.12. The quantitative estimate of drug-likeness (QED) is 0.543. The van der Waals surface area contributed by atoms with Crippen LogP contribution in [-0.4, -0.2) is 70.2 Å². The summed E-state index contributed by atoms with van der Waals surface area (Å²) in [6, 6.07) is 6.71. The van der Waals surface area contributed by atoms with Gasteiger partial charge in [-0.05, 0) is 49.5 Å². The molecule has 0 spiro atoms. The summed E-state index contributed by atoms with van der Waals surface area (Å²) >= 11 is 0. The number of fused-ring (bicyclic) bond motifs is 1. The summed E-state index contributed by atoms with van der Waals surface area (Å²) in [6.07, 6.45) is 3.41. The van der Waals surface area contributed by atoms with Crippen LogP contribution < -0.4 is 15.5 Å². The fourth-order valence-electron chi connectivity index (χ4n) is 3.92. The molecule has 0 radical (unpaired) electrons. The number of benzene rings is 1. The van der Waals surface area contributed by atoms with Crippen LogP contribution in [0, 0.1) is 0 Å². The highest BCUT2D eigenvalue weighted by molar-refractivity contribution is 6.35. The van der Waals surface area contributed by atoms with Crippen molar-refractivity contribution in [3.63, 3.8) is 0 Å². The van der Waals surface area contributed by atoms with E-state index in [1.807, 2.05) is 0 Å². The highest BCUT2D eigenvalue weighted by Gasteiger charge is 2.26. The van der Waals surface area contributed by atoms with Crippen molar-refractivity contribution in [1.82, 2.24) is 15.5 Å². The normalized spacial score (nSPS) is 17.6. The first-order chi connectivity index (χ1) is 13.1. The van der Waals surface area contributed by atoms with Crippen LogP contribution in [-0.2, 0) is 20.7 Å². The molecule has 1 aromatic carbocycles. The summed E-state index contributed by atoms with van der Waals surface area (Å²) in [4.78, 5) is 28.7. The summed E-state index contributed by atoms with van der Waals surface area (Å²) in [7, 11) is 3.67. The Balaban J connectivity index is 1.66. The standard InChI is InChI=1S/C20H30N4O3/c1-23-11-7-16-13-15(5-6-17(16)23)18(24-9-3-4-10-24)14-22-20(26)19(25)21-8-12-27-2/h5-6,13,18H,3-4,7-12,14H2,1-2H3,(H,21,25)(H,22,26). The second-order valence-corrected chi connectivity index (χ2v) is 7.28. The minimum atomic E-state index is -0.609. The lowest BCUT2D eigenvalue weighted by atomic mass is 10.0. The van der Waals surface area contributed by atoms with E-state index < -0.39 is 11.8 Å². The number of nitrogens with zero attached hydrogens (tertiary/aromatic N) is 2. The molecule has 7 heteroatoms. The van der Waals surface area contributed by atoms with Gasteiger partial charge >= 0.3 is 11.8 Å². The van der Waals surface area contributed by atoms with Gasteiger partial charge in [-0.15, -0.1) is 0 Å². The number of likely N-dealkylation sites (N-methyl/N-ethyl adjacent to an activating group) is 1. The lowest BCUT2D eigenvalue weighted by molar-refractivity contribution is -0.139. The average molecular weight is 374 g/mol. The molecule has 2 N–H and O–H groups in total. The van der Waals surface area contributed by atoms with E-state index in [0.717, 1.165) is 26.1 Å². The third kappa shape index (κ3) is 4.78. The molecular formula is C20H30N4O3. The van der Waals surface area contributed by atoms with Gasteiger partial charge in [0.05, 0.1) is 12.6 Å². The van der Waals surface area contributed by atoms with Crippen molar-refractivity contribution in [1.29, 1.82) is 0 Å². The van der Waals surface area contributed by atoms with Crippen molar-refractivity contribution >= 4 is 17.5 Å². The third-order valence-corrected chi connectivity index (χ3v) is 5.45. The molecule has 7 nitrogen and oxygen atoms in total. The number of nitrogens with one attached hydrogen (secondary N) is 2. The number of methoxy groups -OCH3 is 1. The number of likely N-dealkylation sites (tertiary alicyclic amines) is 1.